The summed E-state index contributed by atoms with van der Waals surface area (Å²) in [6.45, 7) is 5.55. The van der Waals surface area contributed by atoms with Crippen molar-refractivity contribution in [2.45, 2.75) is 76.7 Å². The Morgan fingerprint density at radius 1 is 0.644 bits per heavy atom. The van der Waals surface area contributed by atoms with Crippen molar-refractivity contribution < 1.29 is 43.3 Å². The summed E-state index contributed by atoms with van der Waals surface area (Å²) >= 11 is 0. The summed E-state index contributed by atoms with van der Waals surface area (Å²) in [6, 6.07) is 30.9. The second kappa shape index (κ2) is 19.2. The standard InChI is InChI=1S/C45H49N5O9/c1-45(2,3)48-42(54)59-37-25-39(50(27-37)44(56)58-29-33-12-8-5-9-13-33)41(53)47-35-22-18-31(19-23-35)15-14-30-16-20-34(21-17-30)46-40(52)38-24-36(51)26-49(38)43(55)57-28-32-10-6-4-7-11-32/h4-23,36-39,51H,24-29H2,1-3H3,(H,46,52)(H,47,53)(H,48,54)/b15-14+/t36-,37-,38+,39+/m1/s1. The molecule has 2 aliphatic rings. The summed E-state index contributed by atoms with van der Waals surface area (Å²) in [6.07, 6.45) is 0.432. The van der Waals surface area contributed by atoms with Crippen molar-refractivity contribution in [2.24, 2.45) is 0 Å². The van der Waals surface area contributed by atoms with Crippen molar-refractivity contribution >= 4 is 53.6 Å². The van der Waals surface area contributed by atoms with Crippen LogP contribution in [0.5, 0.6) is 0 Å². The number of hydrogen-bond acceptors (Lipinski definition) is 9. The number of nitrogens with zero attached hydrogens (tertiary/aromatic N) is 2. The molecule has 14 heteroatoms. The molecule has 6 rings (SSSR count). The normalized spacial score (nSPS) is 18.9. The van der Waals surface area contributed by atoms with E-state index < -0.39 is 59.9 Å². The van der Waals surface area contributed by atoms with Gasteiger partial charge in [0.2, 0.25) is 11.8 Å². The van der Waals surface area contributed by atoms with Crippen molar-refractivity contribution in [2.75, 3.05) is 23.7 Å². The third-order valence-corrected chi connectivity index (χ3v) is 9.60. The lowest BCUT2D eigenvalue weighted by Crippen LogP contribution is -2.43. The van der Waals surface area contributed by atoms with Crippen LogP contribution in [0, 0.1) is 0 Å². The molecule has 4 atom stereocenters. The zero-order valence-corrected chi connectivity index (χ0v) is 33.2. The van der Waals surface area contributed by atoms with Crippen LogP contribution in [0.2, 0.25) is 0 Å². The van der Waals surface area contributed by atoms with Crippen molar-refractivity contribution in [3.63, 3.8) is 0 Å². The van der Waals surface area contributed by atoms with Crippen LogP contribution >= 0.6 is 0 Å². The minimum Gasteiger partial charge on any atom is -0.445 e. The zero-order valence-electron chi connectivity index (χ0n) is 33.2. The van der Waals surface area contributed by atoms with Gasteiger partial charge in [0.1, 0.15) is 31.4 Å². The molecule has 2 fully saturated rings. The van der Waals surface area contributed by atoms with Crippen LogP contribution in [0.1, 0.15) is 55.9 Å². The average Bonchev–Trinajstić information content (AvgIpc) is 3.83. The lowest BCUT2D eigenvalue weighted by molar-refractivity contribution is -0.120. The number of carbonyl (C=O) groups is 5. The van der Waals surface area contributed by atoms with Crippen molar-refractivity contribution in [3.05, 3.63) is 131 Å². The number of likely N-dealkylation sites (tertiary alicyclic amines) is 2. The highest BCUT2D eigenvalue weighted by Crippen LogP contribution is 2.25. The van der Waals surface area contributed by atoms with Crippen molar-refractivity contribution in [3.8, 4) is 0 Å². The molecule has 0 spiro atoms. The van der Waals surface area contributed by atoms with E-state index in [1.54, 1.807) is 24.3 Å². The van der Waals surface area contributed by atoms with Crippen LogP contribution in [0.15, 0.2) is 109 Å². The van der Waals surface area contributed by atoms with Crippen molar-refractivity contribution in [1.29, 1.82) is 0 Å². The maximum atomic E-state index is 13.6. The first-order valence-electron chi connectivity index (χ1n) is 19.4. The number of hydrogen-bond donors (Lipinski definition) is 4. The van der Waals surface area contributed by atoms with Gasteiger partial charge in [-0.3, -0.25) is 19.4 Å². The summed E-state index contributed by atoms with van der Waals surface area (Å²) in [5.74, 6) is -0.867. The predicted octanol–water partition coefficient (Wildman–Crippen LogP) is 6.81. The second-order valence-corrected chi connectivity index (χ2v) is 15.5. The maximum Gasteiger partial charge on any atom is 0.410 e. The van der Waals surface area contributed by atoms with E-state index in [0.717, 1.165) is 22.3 Å². The fourth-order valence-electron chi connectivity index (χ4n) is 6.69. The fourth-order valence-corrected chi connectivity index (χ4v) is 6.69. The van der Waals surface area contributed by atoms with E-state index in [2.05, 4.69) is 16.0 Å². The number of nitrogens with one attached hydrogen (secondary N) is 3. The highest BCUT2D eigenvalue weighted by molar-refractivity contribution is 5.98. The highest BCUT2D eigenvalue weighted by Gasteiger charge is 2.43. The van der Waals surface area contributed by atoms with Gasteiger partial charge >= 0.3 is 18.3 Å². The van der Waals surface area contributed by atoms with Crippen LogP contribution in [-0.2, 0) is 37.0 Å². The molecule has 0 radical (unpaired) electrons. The lowest BCUT2D eigenvalue weighted by atomic mass is 10.1. The lowest BCUT2D eigenvalue weighted by Gasteiger charge is -2.23. The first-order chi connectivity index (χ1) is 28.3. The van der Waals surface area contributed by atoms with Gasteiger partial charge in [0, 0.05) is 29.8 Å². The molecule has 59 heavy (non-hydrogen) atoms. The van der Waals surface area contributed by atoms with Crippen LogP contribution in [0.4, 0.5) is 25.8 Å². The van der Waals surface area contributed by atoms with E-state index in [9.17, 15) is 29.1 Å². The number of amides is 5. The quantitative estimate of drug-likeness (QED) is 0.0938. The average molecular weight is 804 g/mol. The molecule has 14 nitrogen and oxygen atoms in total. The van der Waals surface area contributed by atoms with Gasteiger partial charge in [-0.15, -0.1) is 0 Å². The molecular formula is C45H49N5O9. The van der Waals surface area contributed by atoms with E-state index in [-0.39, 0.29) is 39.1 Å². The highest BCUT2D eigenvalue weighted by atomic mass is 16.6. The van der Waals surface area contributed by atoms with Gasteiger partial charge in [-0.05, 0) is 67.3 Å². The number of benzene rings is 4. The molecule has 0 aromatic heterocycles. The van der Waals surface area contributed by atoms with Crippen LogP contribution in [0.25, 0.3) is 12.2 Å². The largest absolute Gasteiger partial charge is 0.445 e. The van der Waals surface area contributed by atoms with E-state index in [4.69, 9.17) is 14.2 Å². The zero-order chi connectivity index (χ0) is 41.9. The van der Waals surface area contributed by atoms with Crippen LogP contribution in [0.3, 0.4) is 0 Å². The molecule has 0 unspecified atom stereocenters. The second-order valence-electron chi connectivity index (χ2n) is 15.5. The molecule has 5 amide bonds. The monoisotopic (exact) mass is 803 g/mol. The summed E-state index contributed by atoms with van der Waals surface area (Å²) < 4.78 is 16.5. The minimum atomic E-state index is -0.942. The smallest absolute Gasteiger partial charge is 0.410 e. The molecule has 0 aliphatic carbocycles. The van der Waals surface area contributed by atoms with Gasteiger partial charge in [-0.2, -0.15) is 0 Å². The molecule has 4 aromatic rings. The SMILES string of the molecule is CC(C)(C)NC(=O)O[C@@H]1C[C@@H](C(=O)Nc2ccc(/C=C/c3ccc(NC(=O)[C@@H]4C[C@@H](O)CN4C(=O)OCc4ccccc4)cc3)cc2)N(C(=O)OCc2ccccc2)C1. The third-order valence-electron chi connectivity index (χ3n) is 9.60. The van der Waals surface area contributed by atoms with E-state index in [1.807, 2.05) is 118 Å². The molecular weight excluding hydrogens is 755 g/mol. The van der Waals surface area contributed by atoms with Gasteiger partial charge in [0.15, 0.2) is 0 Å². The van der Waals surface area contributed by atoms with Gasteiger partial charge in [-0.25, -0.2) is 14.4 Å². The predicted molar refractivity (Wildman–Crippen MR) is 222 cm³/mol. The summed E-state index contributed by atoms with van der Waals surface area (Å²) in [7, 11) is 0. The Morgan fingerprint density at radius 3 is 1.54 bits per heavy atom. The Balaban J connectivity index is 1.01. The number of β-amino-alcohol motifs (C(OH)–C–C–N with tert-alkyl or cyclic N) is 1. The number of aliphatic hydroxyl groups is 1. The fraction of sp³-hybridized carbons (Fsp3) is 0.311. The summed E-state index contributed by atoms with van der Waals surface area (Å²) in [5.41, 5.74) is 3.83. The molecule has 4 N–H and O–H groups in total. The van der Waals surface area contributed by atoms with Crippen molar-refractivity contribution in [1.82, 2.24) is 15.1 Å². The van der Waals surface area contributed by atoms with E-state index >= 15 is 0 Å². The maximum absolute atomic E-state index is 13.6. The third kappa shape index (κ3) is 12.2. The van der Waals surface area contributed by atoms with Gasteiger partial charge < -0.3 is 35.3 Å². The molecule has 2 saturated heterocycles. The topological polar surface area (TPSA) is 176 Å². The summed E-state index contributed by atoms with van der Waals surface area (Å²) in [4.78, 5) is 67.8. The number of alkyl carbamates (subject to hydrolysis) is 1. The van der Waals surface area contributed by atoms with Gasteiger partial charge in [0.05, 0.1) is 19.2 Å². The van der Waals surface area contributed by atoms with E-state index in [0.29, 0.717) is 11.4 Å². The number of aliphatic hydroxyl groups excluding tert-OH is 1. The first-order valence-corrected chi connectivity index (χ1v) is 19.4. The Labute approximate surface area is 343 Å². The number of carbonyl (C=O) groups excluding carboxylic acids is 5. The molecule has 0 saturated carbocycles. The number of anilines is 2. The van der Waals surface area contributed by atoms with Crippen LogP contribution < -0.4 is 16.0 Å². The van der Waals surface area contributed by atoms with Gasteiger partial charge in [-0.1, -0.05) is 97.1 Å². The van der Waals surface area contributed by atoms with Gasteiger partial charge in [0.25, 0.3) is 0 Å². The molecule has 0 bridgehead atoms. The molecule has 2 aliphatic heterocycles. The Kier molecular flexibility index (Phi) is 13.6. The first kappa shape index (κ1) is 41.9. The Morgan fingerprint density at radius 2 is 1.08 bits per heavy atom. The Bertz CT molecular complexity index is 2110. The number of rotatable bonds is 11. The van der Waals surface area contributed by atoms with E-state index in [1.165, 1.54) is 9.80 Å². The molecule has 4 aromatic carbocycles. The summed E-state index contributed by atoms with van der Waals surface area (Å²) in [5, 5.41) is 18.7. The Hall–Kier alpha value is -6.67. The molecule has 308 valence electrons. The molecule has 2 heterocycles. The number of ether oxygens (including phenoxy) is 3. The van der Waals surface area contributed by atoms with Crippen LogP contribution in [-0.4, -0.2) is 87.9 Å². The minimum absolute atomic E-state index is 0.00304.